The van der Waals surface area contributed by atoms with Gasteiger partial charge in [-0.2, -0.15) is 0 Å². The van der Waals surface area contributed by atoms with Gasteiger partial charge < -0.3 is 15.8 Å². The van der Waals surface area contributed by atoms with Crippen LogP contribution >= 0.6 is 11.3 Å². The van der Waals surface area contributed by atoms with Crippen molar-refractivity contribution in [1.29, 1.82) is 0 Å². The van der Waals surface area contributed by atoms with Crippen LogP contribution in [0.3, 0.4) is 0 Å². The highest BCUT2D eigenvalue weighted by atomic mass is 32.1. The Balaban J connectivity index is 1.73. The number of para-hydroxylation sites is 2. The van der Waals surface area contributed by atoms with Crippen LogP contribution in [0.15, 0.2) is 24.3 Å². The fourth-order valence-electron chi connectivity index (χ4n) is 3.14. The van der Waals surface area contributed by atoms with Crippen LogP contribution in [-0.2, 0) is 17.6 Å². The summed E-state index contributed by atoms with van der Waals surface area (Å²) < 4.78 is 5.29. The maximum absolute atomic E-state index is 12.3. The molecule has 2 amide bonds. The van der Waals surface area contributed by atoms with E-state index in [1.165, 1.54) is 29.5 Å². The predicted molar refractivity (Wildman–Crippen MR) is 101 cm³/mol. The average molecular weight is 389 g/mol. The van der Waals surface area contributed by atoms with E-state index >= 15 is 0 Å². The number of thiophene rings is 1. The number of fused-ring (bicyclic) bond motifs is 1. The van der Waals surface area contributed by atoms with Gasteiger partial charge in [0.25, 0.3) is 11.8 Å². The first-order valence-corrected chi connectivity index (χ1v) is 9.29. The van der Waals surface area contributed by atoms with Crippen LogP contribution in [0.1, 0.15) is 34.1 Å². The molecule has 0 spiro atoms. The van der Waals surface area contributed by atoms with Gasteiger partial charge in [-0.15, -0.1) is 11.3 Å². The number of benzene rings is 1. The van der Waals surface area contributed by atoms with E-state index in [1.807, 2.05) is 0 Å². The van der Waals surface area contributed by atoms with Crippen LogP contribution in [0.25, 0.3) is 0 Å². The summed E-state index contributed by atoms with van der Waals surface area (Å²) in [7, 11) is 0. The first-order valence-electron chi connectivity index (χ1n) is 8.47. The van der Waals surface area contributed by atoms with E-state index in [9.17, 15) is 19.7 Å². The number of nitrogens with one attached hydrogen (secondary N) is 1. The Morgan fingerprint density at radius 2 is 2.15 bits per heavy atom. The molecule has 3 rings (SSSR count). The molecule has 1 heterocycles. The normalized spacial score (nSPS) is 15.7. The molecule has 1 atom stereocenters. The van der Waals surface area contributed by atoms with Crippen LogP contribution < -0.4 is 15.8 Å². The highest BCUT2D eigenvalue weighted by molar-refractivity contribution is 7.17. The third-order valence-corrected chi connectivity index (χ3v) is 5.60. The quantitative estimate of drug-likeness (QED) is 0.580. The predicted octanol–water partition coefficient (Wildman–Crippen LogP) is 2.90. The first kappa shape index (κ1) is 18.8. The summed E-state index contributed by atoms with van der Waals surface area (Å²) in [6, 6.07) is 5.82. The average Bonchev–Trinajstić information content (AvgIpc) is 2.97. The monoisotopic (exact) mass is 389 g/mol. The molecule has 0 aliphatic heterocycles. The van der Waals surface area contributed by atoms with Crippen molar-refractivity contribution in [2.45, 2.75) is 26.2 Å². The van der Waals surface area contributed by atoms with Gasteiger partial charge in [0.05, 0.1) is 10.5 Å². The van der Waals surface area contributed by atoms with Gasteiger partial charge in [-0.3, -0.25) is 19.7 Å². The zero-order chi connectivity index (χ0) is 19.6. The van der Waals surface area contributed by atoms with Gasteiger partial charge in [0.1, 0.15) is 5.00 Å². The van der Waals surface area contributed by atoms with Crippen molar-refractivity contribution in [2.24, 2.45) is 11.7 Å². The summed E-state index contributed by atoms with van der Waals surface area (Å²) in [6.07, 6.45) is 2.58. The Hall–Kier alpha value is -2.94. The summed E-state index contributed by atoms with van der Waals surface area (Å²) in [5.41, 5.74) is 6.58. The Bertz CT molecular complexity index is 908. The molecular weight excluding hydrogens is 370 g/mol. The number of anilines is 1. The van der Waals surface area contributed by atoms with Crippen molar-refractivity contribution in [3.05, 3.63) is 50.4 Å². The highest BCUT2D eigenvalue weighted by Gasteiger charge is 2.27. The lowest BCUT2D eigenvalue weighted by molar-refractivity contribution is -0.385. The number of hydrogen-bond acceptors (Lipinski definition) is 6. The second-order valence-corrected chi connectivity index (χ2v) is 7.59. The summed E-state index contributed by atoms with van der Waals surface area (Å²) in [5.74, 6) is -0.561. The van der Waals surface area contributed by atoms with Crippen LogP contribution in [0.5, 0.6) is 5.75 Å². The van der Waals surface area contributed by atoms with Gasteiger partial charge in [-0.1, -0.05) is 19.1 Å². The van der Waals surface area contributed by atoms with Crippen molar-refractivity contribution >= 4 is 33.8 Å². The molecule has 0 saturated carbocycles. The van der Waals surface area contributed by atoms with E-state index < -0.39 is 23.3 Å². The number of nitrogens with zero attached hydrogens (tertiary/aromatic N) is 1. The summed E-state index contributed by atoms with van der Waals surface area (Å²) in [4.78, 5) is 35.6. The molecular formula is C18H19N3O5S. The fourth-order valence-corrected chi connectivity index (χ4v) is 4.57. The summed E-state index contributed by atoms with van der Waals surface area (Å²) >= 11 is 1.36. The maximum atomic E-state index is 12.3. The molecule has 0 saturated heterocycles. The topological polar surface area (TPSA) is 125 Å². The van der Waals surface area contributed by atoms with Gasteiger partial charge in [-0.05, 0) is 36.8 Å². The van der Waals surface area contributed by atoms with Crippen molar-refractivity contribution in [3.63, 3.8) is 0 Å². The van der Waals surface area contributed by atoms with Gasteiger partial charge in [0.15, 0.2) is 12.4 Å². The number of ether oxygens (including phenoxy) is 1. The van der Waals surface area contributed by atoms with Crippen molar-refractivity contribution in [3.8, 4) is 5.75 Å². The molecule has 3 N–H and O–H groups in total. The molecule has 27 heavy (non-hydrogen) atoms. The number of carbonyl (C=O) groups is 2. The zero-order valence-corrected chi connectivity index (χ0v) is 15.5. The van der Waals surface area contributed by atoms with Crippen LogP contribution in [0.2, 0.25) is 0 Å². The lowest BCUT2D eigenvalue weighted by Crippen LogP contribution is -2.23. The Kier molecular flexibility index (Phi) is 5.41. The number of nitrogens with two attached hydrogens (primary N) is 1. The number of carbonyl (C=O) groups excluding carboxylic acids is 2. The molecule has 1 aliphatic carbocycles. The second kappa shape index (κ2) is 7.75. The fraction of sp³-hybridized carbons (Fsp3) is 0.333. The number of rotatable bonds is 6. The van der Waals surface area contributed by atoms with Crippen molar-refractivity contribution < 1.29 is 19.2 Å². The molecule has 8 nitrogen and oxygen atoms in total. The van der Waals surface area contributed by atoms with Crippen molar-refractivity contribution in [2.75, 3.05) is 11.9 Å². The van der Waals surface area contributed by atoms with E-state index in [2.05, 4.69) is 12.2 Å². The molecule has 142 valence electrons. The number of amides is 2. The van der Waals surface area contributed by atoms with E-state index in [4.69, 9.17) is 10.5 Å². The van der Waals surface area contributed by atoms with Gasteiger partial charge in [-0.25, -0.2) is 0 Å². The maximum Gasteiger partial charge on any atom is 0.310 e. The standard InChI is InChI=1S/C18H19N3O5S/c1-10-6-7-11-14(8-10)27-18(16(11)17(19)23)20-15(22)9-26-13-5-3-2-4-12(13)21(24)25/h2-5,10H,6-9H2,1H3,(H2,19,23)(H,20,22)/t10-/m0/s1. The molecule has 1 aromatic heterocycles. The van der Waals surface area contributed by atoms with E-state index in [1.54, 1.807) is 6.07 Å². The van der Waals surface area contributed by atoms with Crippen LogP contribution in [0.4, 0.5) is 10.7 Å². The minimum atomic E-state index is -0.576. The summed E-state index contributed by atoms with van der Waals surface area (Å²) in [6.45, 7) is 1.73. The molecule has 0 fully saturated rings. The molecule has 0 radical (unpaired) electrons. The molecule has 0 bridgehead atoms. The molecule has 1 aliphatic rings. The number of nitro groups is 1. The Morgan fingerprint density at radius 1 is 1.41 bits per heavy atom. The number of nitro benzene ring substituents is 1. The first-order chi connectivity index (χ1) is 12.9. The number of hydrogen-bond donors (Lipinski definition) is 2. The SMILES string of the molecule is C[C@H]1CCc2c(sc(NC(=O)COc3ccccc3[N+](=O)[O-])c2C(N)=O)C1. The van der Waals surface area contributed by atoms with Gasteiger partial charge in [0.2, 0.25) is 0 Å². The zero-order valence-electron chi connectivity index (χ0n) is 14.7. The lowest BCUT2D eigenvalue weighted by atomic mass is 9.88. The Morgan fingerprint density at radius 3 is 2.85 bits per heavy atom. The lowest BCUT2D eigenvalue weighted by Gasteiger charge is -2.18. The largest absolute Gasteiger partial charge is 0.477 e. The number of primary amides is 1. The van der Waals surface area contributed by atoms with E-state index in [-0.39, 0.29) is 11.4 Å². The Labute approximate surface area is 159 Å². The minimum absolute atomic E-state index is 0.00655. The molecule has 2 aromatic rings. The van der Waals surface area contributed by atoms with Crippen LogP contribution in [0, 0.1) is 16.0 Å². The molecule has 0 unspecified atom stereocenters. The summed E-state index contributed by atoms with van der Waals surface area (Å²) in [5, 5.41) is 14.1. The smallest absolute Gasteiger partial charge is 0.310 e. The molecule has 9 heteroatoms. The second-order valence-electron chi connectivity index (χ2n) is 6.48. The van der Waals surface area contributed by atoms with E-state index in [0.717, 1.165) is 29.7 Å². The highest BCUT2D eigenvalue weighted by Crippen LogP contribution is 2.39. The minimum Gasteiger partial charge on any atom is -0.477 e. The van der Waals surface area contributed by atoms with E-state index in [0.29, 0.717) is 16.5 Å². The van der Waals surface area contributed by atoms with Gasteiger partial charge in [0, 0.05) is 10.9 Å². The third-order valence-electron chi connectivity index (χ3n) is 4.43. The molecule has 1 aromatic carbocycles. The third kappa shape index (κ3) is 4.08. The van der Waals surface area contributed by atoms with Crippen LogP contribution in [-0.4, -0.2) is 23.3 Å². The van der Waals surface area contributed by atoms with Crippen molar-refractivity contribution in [1.82, 2.24) is 0 Å². The van der Waals surface area contributed by atoms with Gasteiger partial charge >= 0.3 is 5.69 Å².